The second-order valence-corrected chi connectivity index (χ2v) is 7.71. The van der Waals surface area contributed by atoms with Crippen molar-refractivity contribution in [2.75, 3.05) is 5.32 Å². The molecule has 128 valence electrons. The summed E-state index contributed by atoms with van der Waals surface area (Å²) in [4.78, 5) is 3.93. The highest BCUT2D eigenvalue weighted by atomic mass is 35.5. The van der Waals surface area contributed by atoms with Gasteiger partial charge in [0, 0.05) is 16.5 Å². The van der Waals surface area contributed by atoms with Crippen molar-refractivity contribution in [3.63, 3.8) is 0 Å². The Balaban J connectivity index is 1.82. The van der Waals surface area contributed by atoms with Gasteiger partial charge < -0.3 is 10.4 Å². The van der Waals surface area contributed by atoms with E-state index in [0.29, 0.717) is 21.6 Å². The molecule has 0 atom stereocenters. The number of guanidine groups is 1. The van der Waals surface area contributed by atoms with Crippen molar-refractivity contribution in [1.82, 2.24) is 14.9 Å². The van der Waals surface area contributed by atoms with Gasteiger partial charge in [-0.2, -0.15) is 5.10 Å². The maximum absolute atomic E-state index is 12.4. The van der Waals surface area contributed by atoms with Crippen molar-refractivity contribution in [3.8, 4) is 5.75 Å². The van der Waals surface area contributed by atoms with Gasteiger partial charge in [-0.15, -0.1) is 0 Å². The van der Waals surface area contributed by atoms with Gasteiger partial charge in [0.15, 0.2) is 0 Å². The van der Waals surface area contributed by atoms with E-state index in [-0.39, 0.29) is 27.3 Å². The Morgan fingerprint density at radius 2 is 2.00 bits per heavy atom. The van der Waals surface area contributed by atoms with E-state index in [4.69, 9.17) is 23.2 Å². The molecule has 1 aliphatic heterocycles. The van der Waals surface area contributed by atoms with Gasteiger partial charge in [0.1, 0.15) is 16.3 Å². The number of aliphatic imine (C=N–C) groups is 1. The number of phenols is 1. The molecule has 0 fully saturated rings. The second kappa shape index (κ2) is 5.51. The number of nitrogens with one attached hydrogen (secondary N) is 3. The van der Waals surface area contributed by atoms with Crippen LogP contribution in [-0.2, 0) is 10.0 Å². The smallest absolute Gasteiger partial charge is 0.266 e. The van der Waals surface area contributed by atoms with Crippen molar-refractivity contribution in [3.05, 3.63) is 40.5 Å². The van der Waals surface area contributed by atoms with Crippen molar-refractivity contribution < 1.29 is 13.5 Å². The lowest BCUT2D eigenvalue weighted by Gasteiger charge is -2.20. The molecule has 0 saturated heterocycles. The van der Waals surface area contributed by atoms with E-state index < -0.39 is 10.0 Å². The fourth-order valence-corrected chi connectivity index (χ4v) is 4.12. The SMILES string of the molecule is O=S1(=O)NC(Nc2ccc(Cl)c3[nH]ncc23)=Nc2c(O)cc(Cl)cc21. The molecule has 0 aliphatic carbocycles. The van der Waals surface area contributed by atoms with Gasteiger partial charge in [-0.1, -0.05) is 23.2 Å². The van der Waals surface area contributed by atoms with E-state index in [0.717, 1.165) is 0 Å². The minimum atomic E-state index is -3.94. The molecule has 2 aromatic carbocycles. The number of halogens is 2. The van der Waals surface area contributed by atoms with Crippen LogP contribution in [0.2, 0.25) is 10.0 Å². The first kappa shape index (κ1) is 16.0. The zero-order valence-electron chi connectivity index (χ0n) is 12.2. The highest BCUT2D eigenvalue weighted by molar-refractivity contribution is 7.90. The molecular formula is C14H9Cl2N5O3S. The third-order valence-electron chi connectivity index (χ3n) is 3.58. The molecule has 0 radical (unpaired) electrons. The van der Waals surface area contributed by atoms with E-state index in [2.05, 4.69) is 25.2 Å². The fraction of sp³-hybridized carbons (Fsp3) is 0. The predicted molar refractivity (Wildman–Crippen MR) is 95.3 cm³/mol. The predicted octanol–water partition coefficient (Wildman–Crippen LogP) is 2.97. The second-order valence-electron chi connectivity index (χ2n) is 5.22. The largest absolute Gasteiger partial charge is 0.506 e. The lowest BCUT2D eigenvalue weighted by Crippen LogP contribution is -2.38. The lowest BCUT2D eigenvalue weighted by atomic mass is 10.2. The number of phenolic OH excluding ortho intramolecular Hbond substituents is 1. The topological polar surface area (TPSA) is 119 Å². The maximum Gasteiger partial charge on any atom is 0.266 e. The number of aromatic amines is 1. The van der Waals surface area contributed by atoms with Crippen molar-refractivity contribution in [2.24, 2.45) is 4.99 Å². The summed E-state index contributed by atoms with van der Waals surface area (Å²) in [6.07, 6.45) is 1.55. The molecule has 0 unspecified atom stereocenters. The first-order valence-electron chi connectivity index (χ1n) is 6.88. The molecule has 11 heteroatoms. The number of nitrogens with zero attached hydrogens (tertiary/aromatic N) is 2. The first-order chi connectivity index (χ1) is 11.8. The van der Waals surface area contributed by atoms with Crippen LogP contribution < -0.4 is 10.0 Å². The monoisotopic (exact) mass is 397 g/mol. The molecule has 2 heterocycles. The van der Waals surface area contributed by atoms with E-state index >= 15 is 0 Å². The molecule has 25 heavy (non-hydrogen) atoms. The van der Waals surface area contributed by atoms with Gasteiger partial charge in [-0.05, 0) is 18.2 Å². The Morgan fingerprint density at radius 3 is 2.80 bits per heavy atom. The van der Waals surface area contributed by atoms with Crippen LogP contribution in [0.15, 0.2) is 40.4 Å². The van der Waals surface area contributed by atoms with Gasteiger partial charge in [0.2, 0.25) is 5.96 Å². The van der Waals surface area contributed by atoms with Gasteiger partial charge >= 0.3 is 0 Å². The number of aromatic nitrogens is 2. The zero-order chi connectivity index (χ0) is 17.8. The number of aromatic hydroxyl groups is 1. The number of sulfonamides is 1. The van der Waals surface area contributed by atoms with Crippen molar-refractivity contribution in [1.29, 1.82) is 0 Å². The van der Waals surface area contributed by atoms with Gasteiger partial charge in [0.05, 0.1) is 22.4 Å². The van der Waals surface area contributed by atoms with Gasteiger partial charge in [-0.25, -0.2) is 18.1 Å². The Hall–Kier alpha value is -2.49. The molecule has 3 aromatic rings. The number of anilines is 1. The van der Waals surface area contributed by atoms with Crippen LogP contribution in [0.3, 0.4) is 0 Å². The highest BCUT2D eigenvalue weighted by Crippen LogP contribution is 2.39. The number of hydrogen-bond donors (Lipinski definition) is 4. The zero-order valence-corrected chi connectivity index (χ0v) is 14.5. The molecule has 4 N–H and O–H groups in total. The minimum absolute atomic E-state index is 0.0741. The van der Waals surface area contributed by atoms with Crippen LogP contribution in [0.1, 0.15) is 0 Å². The van der Waals surface area contributed by atoms with Crippen LogP contribution >= 0.6 is 23.2 Å². The lowest BCUT2D eigenvalue weighted by molar-refractivity contribution is 0.474. The third kappa shape index (κ3) is 2.66. The number of hydrogen-bond acceptors (Lipinski definition) is 6. The molecular weight excluding hydrogens is 389 g/mol. The van der Waals surface area contributed by atoms with Crippen LogP contribution in [-0.4, -0.2) is 29.7 Å². The number of fused-ring (bicyclic) bond motifs is 2. The van der Waals surface area contributed by atoms with E-state index in [9.17, 15) is 13.5 Å². The molecule has 0 spiro atoms. The van der Waals surface area contributed by atoms with Crippen LogP contribution in [0.5, 0.6) is 5.75 Å². The van der Waals surface area contributed by atoms with Gasteiger partial charge in [-0.3, -0.25) is 5.10 Å². The third-order valence-corrected chi connectivity index (χ3v) is 5.47. The molecule has 8 nitrogen and oxygen atoms in total. The summed E-state index contributed by atoms with van der Waals surface area (Å²) in [6, 6.07) is 5.73. The molecule has 0 bridgehead atoms. The number of H-pyrrole nitrogens is 1. The average molecular weight is 398 g/mol. The molecule has 1 aliphatic rings. The molecule has 1 aromatic heterocycles. The van der Waals surface area contributed by atoms with E-state index in [1.165, 1.54) is 12.1 Å². The number of benzene rings is 2. The Labute approximate surface area is 151 Å². The van der Waals surface area contributed by atoms with E-state index in [1.807, 2.05) is 0 Å². The fourth-order valence-electron chi connectivity index (χ4n) is 2.49. The standard InChI is InChI=1S/C14H9Cl2N5O3S/c15-6-3-10(22)13-11(4-6)25(23,24)21-14(19-13)18-9-2-1-8(16)12-7(9)5-17-20-12/h1-5,22H,(H,17,20)(H2,18,19,21). The number of rotatable bonds is 1. The Morgan fingerprint density at radius 1 is 1.20 bits per heavy atom. The Bertz CT molecular complexity index is 1160. The maximum atomic E-state index is 12.4. The molecule has 0 amide bonds. The summed E-state index contributed by atoms with van der Waals surface area (Å²) in [6.45, 7) is 0. The summed E-state index contributed by atoms with van der Waals surface area (Å²) in [5.41, 5.74) is 1.04. The van der Waals surface area contributed by atoms with Crippen molar-refractivity contribution in [2.45, 2.75) is 4.90 Å². The van der Waals surface area contributed by atoms with Crippen LogP contribution in [0.4, 0.5) is 11.4 Å². The Kier molecular flexibility index (Phi) is 3.53. The normalized spacial score (nSPS) is 15.4. The summed E-state index contributed by atoms with van der Waals surface area (Å²) in [7, 11) is -3.94. The average Bonchev–Trinajstić information content (AvgIpc) is 3.02. The van der Waals surface area contributed by atoms with E-state index in [1.54, 1.807) is 18.3 Å². The van der Waals surface area contributed by atoms with Crippen LogP contribution in [0, 0.1) is 0 Å². The summed E-state index contributed by atoms with van der Waals surface area (Å²) in [5.74, 6) is -0.411. The van der Waals surface area contributed by atoms with Gasteiger partial charge in [0.25, 0.3) is 10.0 Å². The first-order valence-corrected chi connectivity index (χ1v) is 9.12. The minimum Gasteiger partial charge on any atom is -0.506 e. The van der Waals surface area contributed by atoms with Crippen LogP contribution in [0.25, 0.3) is 10.9 Å². The van der Waals surface area contributed by atoms with Crippen molar-refractivity contribution >= 4 is 61.5 Å². The quantitative estimate of drug-likeness (QED) is 0.503. The highest BCUT2D eigenvalue weighted by Gasteiger charge is 2.28. The summed E-state index contributed by atoms with van der Waals surface area (Å²) < 4.78 is 27.1. The molecule has 0 saturated carbocycles. The molecule has 4 rings (SSSR count). The summed E-state index contributed by atoms with van der Waals surface area (Å²) in [5, 5.41) is 20.8. The summed E-state index contributed by atoms with van der Waals surface area (Å²) >= 11 is 11.9.